The molecule has 32 heavy (non-hydrogen) atoms. The van der Waals surface area contributed by atoms with E-state index >= 15 is 0 Å². The van der Waals surface area contributed by atoms with E-state index in [1.807, 2.05) is 23.6 Å². The number of aliphatic hydroxyl groups excluding tert-OH is 1. The first-order valence-corrected chi connectivity index (χ1v) is 10.4. The molecule has 174 valence electrons. The first-order valence-electron chi connectivity index (χ1n) is 10.4. The predicted octanol–water partition coefficient (Wildman–Crippen LogP) is 1.27. The minimum atomic E-state index is -2.78. The fraction of sp³-hybridized carbons (Fsp3) is 0.600. The fourth-order valence-electron chi connectivity index (χ4n) is 3.88. The van der Waals surface area contributed by atoms with Crippen molar-refractivity contribution in [1.29, 1.82) is 0 Å². The van der Waals surface area contributed by atoms with Gasteiger partial charge >= 0.3 is 0 Å². The number of nitrogen functional groups attached to an aromatic ring is 1. The number of halogens is 2. The summed E-state index contributed by atoms with van der Waals surface area (Å²) < 4.78 is 38.7. The van der Waals surface area contributed by atoms with Crippen LogP contribution in [-0.4, -0.2) is 82.7 Å². The van der Waals surface area contributed by atoms with Crippen LogP contribution < -0.4 is 15.5 Å². The van der Waals surface area contributed by atoms with Crippen molar-refractivity contribution < 1.29 is 23.4 Å². The van der Waals surface area contributed by atoms with E-state index in [1.165, 1.54) is 6.20 Å². The molecule has 0 saturated carbocycles. The first kappa shape index (κ1) is 22.5. The summed E-state index contributed by atoms with van der Waals surface area (Å²) in [6, 6.07) is 0.774. The number of nitrogens with zero attached hydrogens (tertiary/aromatic N) is 6. The van der Waals surface area contributed by atoms with Gasteiger partial charge in [-0.1, -0.05) is 0 Å². The quantitative estimate of drug-likeness (QED) is 0.687. The molecular weight excluding hydrogens is 424 g/mol. The molecule has 2 saturated heterocycles. The number of hydrogen-bond donors (Lipinski definition) is 2. The van der Waals surface area contributed by atoms with E-state index in [9.17, 15) is 13.9 Å². The Kier molecular flexibility index (Phi) is 6.35. The van der Waals surface area contributed by atoms with Crippen LogP contribution in [0.25, 0.3) is 11.4 Å². The van der Waals surface area contributed by atoms with E-state index < -0.39 is 12.0 Å². The maximum atomic E-state index is 13.8. The normalized spacial score (nSPS) is 21.2. The minimum absolute atomic E-state index is 0.0126. The highest BCUT2D eigenvalue weighted by Crippen LogP contribution is 2.33. The summed E-state index contributed by atoms with van der Waals surface area (Å²) in [4.78, 5) is 21.5. The molecule has 12 heteroatoms. The van der Waals surface area contributed by atoms with Gasteiger partial charge in [0.2, 0.25) is 11.9 Å². The lowest BCUT2D eigenvalue weighted by atomic mass is 10.0. The number of aliphatic hydroxyl groups is 1. The average Bonchev–Trinajstić information content (AvgIpc) is 2.78. The lowest BCUT2D eigenvalue weighted by molar-refractivity contribution is 0.0632. The van der Waals surface area contributed by atoms with Crippen molar-refractivity contribution >= 4 is 17.7 Å². The van der Waals surface area contributed by atoms with E-state index in [1.54, 1.807) is 0 Å². The maximum absolute atomic E-state index is 13.8. The highest BCUT2D eigenvalue weighted by atomic mass is 19.3. The standard InChI is InChI=1S/C20H27F2N7O3/c1-20(2)11-32-6-4-29(20)19-26-17(14-8-24-15(23)7-13(14)16(21)22)25-18(27-19)28-3-5-31-10-12(28)9-30/h7-8,12,16,30H,3-6,9-11H2,1-2H3,(H2,23,24)/t12-/m1/s1. The van der Waals surface area contributed by atoms with Crippen LogP contribution in [0, 0.1) is 0 Å². The molecule has 0 unspecified atom stereocenters. The molecule has 2 aromatic rings. The molecule has 0 spiro atoms. The second kappa shape index (κ2) is 9.04. The van der Waals surface area contributed by atoms with Crippen molar-refractivity contribution in [3.05, 3.63) is 17.8 Å². The summed E-state index contributed by atoms with van der Waals surface area (Å²) in [7, 11) is 0. The number of pyridine rings is 1. The molecule has 4 rings (SSSR count). The molecule has 0 bridgehead atoms. The summed E-state index contributed by atoms with van der Waals surface area (Å²) in [5, 5.41) is 9.81. The Labute approximate surface area is 184 Å². The van der Waals surface area contributed by atoms with Gasteiger partial charge < -0.3 is 30.1 Å². The second-order valence-corrected chi connectivity index (χ2v) is 8.38. The number of alkyl halides is 2. The molecule has 0 aliphatic carbocycles. The molecule has 2 fully saturated rings. The Hall–Kier alpha value is -2.70. The molecule has 2 aromatic heterocycles. The zero-order valence-electron chi connectivity index (χ0n) is 18.0. The van der Waals surface area contributed by atoms with Gasteiger partial charge in [0.15, 0.2) is 5.82 Å². The van der Waals surface area contributed by atoms with E-state index in [2.05, 4.69) is 19.9 Å². The zero-order chi connectivity index (χ0) is 22.9. The Morgan fingerprint density at radius 1 is 1.19 bits per heavy atom. The number of aromatic nitrogens is 4. The topological polar surface area (TPSA) is 123 Å². The summed E-state index contributed by atoms with van der Waals surface area (Å²) in [5.74, 6) is 0.685. The van der Waals surface area contributed by atoms with Crippen molar-refractivity contribution in [3.63, 3.8) is 0 Å². The Morgan fingerprint density at radius 2 is 1.94 bits per heavy atom. The van der Waals surface area contributed by atoms with Crippen molar-refractivity contribution in [2.75, 3.05) is 61.7 Å². The van der Waals surface area contributed by atoms with Crippen molar-refractivity contribution in [1.82, 2.24) is 19.9 Å². The number of rotatable bonds is 5. The predicted molar refractivity (Wildman–Crippen MR) is 114 cm³/mol. The Balaban J connectivity index is 1.87. The van der Waals surface area contributed by atoms with Crippen LogP contribution in [0.2, 0.25) is 0 Å². The summed E-state index contributed by atoms with van der Waals surface area (Å²) in [6.07, 6.45) is -1.53. The molecule has 0 radical (unpaired) electrons. The third-order valence-electron chi connectivity index (χ3n) is 5.63. The minimum Gasteiger partial charge on any atom is -0.394 e. The number of anilines is 3. The van der Waals surface area contributed by atoms with Gasteiger partial charge in [-0.05, 0) is 19.9 Å². The lowest BCUT2D eigenvalue weighted by Crippen LogP contribution is -2.54. The Morgan fingerprint density at radius 3 is 2.66 bits per heavy atom. The van der Waals surface area contributed by atoms with E-state index in [-0.39, 0.29) is 41.4 Å². The van der Waals surface area contributed by atoms with E-state index in [0.29, 0.717) is 45.5 Å². The van der Waals surface area contributed by atoms with Crippen LogP contribution in [-0.2, 0) is 9.47 Å². The molecule has 0 aromatic carbocycles. The smallest absolute Gasteiger partial charge is 0.264 e. The van der Waals surface area contributed by atoms with Gasteiger partial charge in [0.25, 0.3) is 6.43 Å². The van der Waals surface area contributed by atoms with Gasteiger partial charge in [-0.15, -0.1) is 0 Å². The number of hydrogen-bond acceptors (Lipinski definition) is 10. The maximum Gasteiger partial charge on any atom is 0.264 e. The van der Waals surface area contributed by atoms with Gasteiger partial charge in [-0.3, -0.25) is 0 Å². The van der Waals surface area contributed by atoms with Crippen LogP contribution in [0.4, 0.5) is 26.5 Å². The highest BCUT2D eigenvalue weighted by molar-refractivity contribution is 5.64. The lowest BCUT2D eigenvalue weighted by Gasteiger charge is -2.42. The molecule has 4 heterocycles. The zero-order valence-corrected chi connectivity index (χ0v) is 18.0. The molecule has 1 atom stereocenters. The van der Waals surface area contributed by atoms with E-state index in [4.69, 9.17) is 15.2 Å². The number of nitrogens with two attached hydrogens (primary N) is 1. The number of morpholine rings is 2. The van der Waals surface area contributed by atoms with Crippen LogP contribution in [0.15, 0.2) is 12.3 Å². The van der Waals surface area contributed by atoms with Gasteiger partial charge in [0, 0.05) is 30.4 Å². The summed E-state index contributed by atoms with van der Waals surface area (Å²) in [6.45, 7) is 6.50. The van der Waals surface area contributed by atoms with Crippen LogP contribution in [0.1, 0.15) is 25.8 Å². The van der Waals surface area contributed by atoms with Crippen LogP contribution in [0.5, 0.6) is 0 Å². The average molecular weight is 451 g/mol. The third-order valence-corrected chi connectivity index (χ3v) is 5.63. The molecular formula is C20H27F2N7O3. The van der Waals surface area contributed by atoms with Gasteiger partial charge in [-0.25, -0.2) is 13.8 Å². The largest absolute Gasteiger partial charge is 0.394 e. The second-order valence-electron chi connectivity index (χ2n) is 8.38. The van der Waals surface area contributed by atoms with Crippen LogP contribution >= 0.6 is 0 Å². The highest BCUT2D eigenvalue weighted by Gasteiger charge is 2.35. The van der Waals surface area contributed by atoms with Crippen molar-refractivity contribution in [2.24, 2.45) is 0 Å². The number of ether oxygens (including phenoxy) is 2. The Bertz CT molecular complexity index is 963. The molecule has 2 aliphatic heterocycles. The first-order chi connectivity index (χ1) is 15.3. The van der Waals surface area contributed by atoms with Crippen molar-refractivity contribution in [3.8, 4) is 11.4 Å². The monoisotopic (exact) mass is 451 g/mol. The SMILES string of the molecule is CC1(C)COCCN1c1nc(-c2cnc(N)cc2C(F)F)nc(N2CCOC[C@H]2CO)n1. The van der Waals surface area contributed by atoms with E-state index in [0.717, 1.165) is 6.07 Å². The van der Waals surface area contributed by atoms with Gasteiger partial charge in [0.1, 0.15) is 5.82 Å². The fourth-order valence-corrected chi connectivity index (χ4v) is 3.88. The molecule has 0 amide bonds. The molecule has 3 N–H and O–H groups in total. The third kappa shape index (κ3) is 4.43. The summed E-state index contributed by atoms with van der Waals surface area (Å²) in [5.41, 5.74) is 5.00. The summed E-state index contributed by atoms with van der Waals surface area (Å²) >= 11 is 0. The molecule has 2 aliphatic rings. The van der Waals surface area contributed by atoms with Crippen LogP contribution in [0.3, 0.4) is 0 Å². The van der Waals surface area contributed by atoms with Gasteiger partial charge in [-0.2, -0.15) is 15.0 Å². The molecule has 10 nitrogen and oxygen atoms in total. The van der Waals surface area contributed by atoms with Gasteiger partial charge in [0.05, 0.1) is 44.6 Å². The van der Waals surface area contributed by atoms with Crippen molar-refractivity contribution in [2.45, 2.75) is 31.9 Å².